The lowest BCUT2D eigenvalue weighted by molar-refractivity contribution is -0.117. The lowest BCUT2D eigenvalue weighted by atomic mass is 10.1. The Balaban J connectivity index is 1.72. The molecule has 0 radical (unpaired) electrons. The van der Waals surface area contributed by atoms with E-state index in [0.717, 1.165) is 5.75 Å². The SMILES string of the molecule is C[C@@H]1CSC(N(C(=O)Cc2n[nH]c(=O)c3ccccc23)c2ccc(Cl)cc2)=N1. The normalized spacial score (nSPS) is 16.2. The van der Waals surface area contributed by atoms with Crippen LogP contribution in [-0.4, -0.2) is 33.1 Å². The van der Waals surface area contributed by atoms with E-state index in [1.807, 2.05) is 13.0 Å². The van der Waals surface area contributed by atoms with Gasteiger partial charge in [-0.2, -0.15) is 5.10 Å². The molecule has 0 spiro atoms. The number of aliphatic imine (C=N–C) groups is 1. The summed E-state index contributed by atoms with van der Waals surface area (Å²) in [6, 6.07) is 14.4. The van der Waals surface area contributed by atoms with Crippen LogP contribution in [0.4, 0.5) is 5.69 Å². The van der Waals surface area contributed by atoms with Crippen molar-refractivity contribution in [3.8, 4) is 0 Å². The first kappa shape index (κ1) is 18.7. The summed E-state index contributed by atoms with van der Waals surface area (Å²) in [7, 11) is 0. The Hall–Kier alpha value is -2.64. The van der Waals surface area contributed by atoms with Crippen molar-refractivity contribution in [1.82, 2.24) is 10.2 Å². The highest BCUT2D eigenvalue weighted by molar-refractivity contribution is 8.14. The lowest BCUT2D eigenvalue weighted by Crippen LogP contribution is -2.36. The molecule has 0 fully saturated rings. The number of H-pyrrole nitrogens is 1. The van der Waals surface area contributed by atoms with Crippen molar-refractivity contribution in [2.75, 3.05) is 10.7 Å². The van der Waals surface area contributed by atoms with Gasteiger partial charge in [-0.3, -0.25) is 19.5 Å². The van der Waals surface area contributed by atoms with E-state index in [0.29, 0.717) is 32.3 Å². The van der Waals surface area contributed by atoms with E-state index >= 15 is 0 Å². The summed E-state index contributed by atoms with van der Waals surface area (Å²) in [5.74, 6) is 0.652. The van der Waals surface area contributed by atoms with Gasteiger partial charge in [-0.05, 0) is 37.3 Å². The van der Waals surface area contributed by atoms with Gasteiger partial charge in [0, 0.05) is 16.2 Å². The number of hydrogen-bond donors (Lipinski definition) is 1. The fraction of sp³-hybridized carbons (Fsp3) is 0.200. The minimum atomic E-state index is -0.272. The molecule has 1 N–H and O–H groups in total. The van der Waals surface area contributed by atoms with Crippen molar-refractivity contribution < 1.29 is 4.79 Å². The average molecular weight is 413 g/mol. The summed E-state index contributed by atoms with van der Waals surface area (Å²) in [6.45, 7) is 2.02. The van der Waals surface area contributed by atoms with Crippen LogP contribution in [0.5, 0.6) is 0 Å². The number of amidine groups is 1. The van der Waals surface area contributed by atoms with Crippen molar-refractivity contribution >= 4 is 50.9 Å². The number of aromatic nitrogens is 2. The average Bonchev–Trinajstić information content (AvgIpc) is 3.12. The number of anilines is 1. The second-order valence-electron chi connectivity index (χ2n) is 6.50. The maximum atomic E-state index is 13.3. The van der Waals surface area contributed by atoms with Gasteiger partial charge in [-0.25, -0.2) is 5.10 Å². The first-order valence-electron chi connectivity index (χ1n) is 8.78. The Bertz CT molecular complexity index is 1130. The third-order valence-electron chi connectivity index (χ3n) is 4.40. The molecule has 0 saturated heterocycles. The van der Waals surface area contributed by atoms with Gasteiger partial charge < -0.3 is 0 Å². The van der Waals surface area contributed by atoms with E-state index in [1.54, 1.807) is 59.1 Å². The second-order valence-corrected chi connectivity index (χ2v) is 7.92. The fourth-order valence-corrected chi connectivity index (χ4v) is 4.24. The Labute approximate surface area is 170 Å². The molecule has 0 unspecified atom stereocenters. The van der Waals surface area contributed by atoms with E-state index in [1.165, 1.54) is 0 Å². The highest BCUT2D eigenvalue weighted by atomic mass is 35.5. The van der Waals surface area contributed by atoms with Crippen LogP contribution in [0.25, 0.3) is 10.8 Å². The zero-order chi connectivity index (χ0) is 19.7. The topological polar surface area (TPSA) is 78.4 Å². The van der Waals surface area contributed by atoms with Gasteiger partial charge in [-0.15, -0.1) is 0 Å². The van der Waals surface area contributed by atoms with Crippen molar-refractivity contribution in [2.45, 2.75) is 19.4 Å². The Morgan fingerprint density at radius 2 is 1.93 bits per heavy atom. The van der Waals surface area contributed by atoms with Gasteiger partial charge in [0.25, 0.3) is 5.56 Å². The molecule has 2 aromatic carbocycles. The second kappa shape index (κ2) is 7.77. The smallest absolute Gasteiger partial charge is 0.272 e. The molecule has 28 heavy (non-hydrogen) atoms. The van der Waals surface area contributed by atoms with E-state index in [2.05, 4.69) is 15.2 Å². The van der Waals surface area contributed by atoms with Gasteiger partial charge in [0.1, 0.15) is 0 Å². The predicted octanol–water partition coefficient (Wildman–Crippen LogP) is 3.64. The first-order chi connectivity index (χ1) is 13.5. The summed E-state index contributed by atoms with van der Waals surface area (Å²) in [5, 5.41) is 9.05. The summed E-state index contributed by atoms with van der Waals surface area (Å²) in [6.07, 6.45) is 0.0356. The molecule has 142 valence electrons. The molecule has 0 saturated carbocycles. The van der Waals surface area contributed by atoms with Gasteiger partial charge in [0.2, 0.25) is 5.91 Å². The van der Waals surface area contributed by atoms with Crippen LogP contribution < -0.4 is 10.5 Å². The maximum absolute atomic E-state index is 13.3. The highest BCUT2D eigenvalue weighted by Gasteiger charge is 2.27. The molecule has 1 aromatic heterocycles. The van der Waals surface area contributed by atoms with E-state index < -0.39 is 0 Å². The molecule has 1 amide bonds. The molecule has 6 nitrogen and oxygen atoms in total. The number of nitrogens with zero attached hydrogens (tertiary/aromatic N) is 3. The third kappa shape index (κ3) is 3.68. The standard InChI is InChI=1S/C20H17ClN4O2S/c1-12-11-28-20(22-12)25(14-8-6-13(21)7-9-14)18(26)10-17-15-4-2-3-5-16(15)19(27)24-23-17/h2-9,12H,10-11H2,1H3,(H,24,27)/t12-/m1/s1. The molecule has 8 heteroatoms. The van der Waals surface area contributed by atoms with Gasteiger partial charge >= 0.3 is 0 Å². The number of hydrogen-bond acceptors (Lipinski definition) is 5. The Kier molecular flexibility index (Phi) is 5.19. The molecule has 1 atom stereocenters. The number of aromatic amines is 1. The van der Waals surface area contributed by atoms with Crippen LogP contribution in [0.1, 0.15) is 12.6 Å². The van der Waals surface area contributed by atoms with E-state index in [-0.39, 0.29) is 23.9 Å². The van der Waals surface area contributed by atoms with Gasteiger partial charge in [-0.1, -0.05) is 41.6 Å². The van der Waals surface area contributed by atoms with Crippen LogP contribution in [-0.2, 0) is 11.2 Å². The molecular weight excluding hydrogens is 396 g/mol. The Morgan fingerprint density at radius 1 is 1.21 bits per heavy atom. The van der Waals surface area contributed by atoms with Crippen LogP contribution >= 0.6 is 23.4 Å². The van der Waals surface area contributed by atoms with Gasteiger partial charge in [0.05, 0.1) is 29.2 Å². The van der Waals surface area contributed by atoms with Crippen molar-refractivity contribution in [3.63, 3.8) is 0 Å². The third-order valence-corrected chi connectivity index (χ3v) is 5.85. The monoisotopic (exact) mass is 412 g/mol. The van der Waals surface area contributed by atoms with Crippen molar-refractivity contribution in [2.24, 2.45) is 4.99 Å². The van der Waals surface area contributed by atoms with E-state index in [9.17, 15) is 9.59 Å². The highest BCUT2D eigenvalue weighted by Crippen LogP contribution is 2.28. The number of carbonyl (C=O) groups excluding carboxylic acids is 1. The number of fused-ring (bicyclic) bond motifs is 1. The number of thioether (sulfide) groups is 1. The van der Waals surface area contributed by atoms with Gasteiger partial charge in [0.15, 0.2) is 5.17 Å². The molecule has 1 aliphatic heterocycles. The van der Waals surface area contributed by atoms with Crippen LogP contribution in [0.2, 0.25) is 5.02 Å². The molecule has 0 bridgehead atoms. The summed E-state index contributed by atoms with van der Waals surface area (Å²) < 4.78 is 0. The number of amides is 1. The quantitative estimate of drug-likeness (QED) is 0.712. The molecule has 0 aliphatic carbocycles. The minimum Gasteiger partial charge on any atom is -0.274 e. The summed E-state index contributed by atoms with van der Waals surface area (Å²) in [5.41, 5.74) is 0.949. The fourth-order valence-electron chi connectivity index (χ4n) is 3.06. The number of nitrogens with one attached hydrogen (secondary N) is 1. The number of rotatable bonds is 3. The Morgan fingerprint density at radius 3 is 2.61 bits per heavy atom. The molecule has 1 aliphatic rings. The van der Waals surface area contributed by atoms with Crippen LogP contribution in [0.3, 0.4) is 0 Å². The van der Waals surface area contributed by atoms with Crippen molar-refractivity contribution in [1.29, 1.82) is 0 Å². The first-order valence-corrected chi connectivity index (χ1v) is 10.1. The zero-order valence-electron chi connectivity index (χ0n) is 15.1. The number of carbonyl (C=O) groups is 1. The summed E-state index contributed by atoms with van der Waals surface area (Å²) in [4.78, 5) is 31.5. The molecular formula is C20H17ClN4O2S. The van der Waals surface area contributed by atoms with Crippen LogP contribution in [0.15, 0.2) is 58.3 Å². The number of halogens is 1. The maximum Gasteiger partial charge on any atom is 0.272 e. The summed E-state index contributed by atoms with van der Waals surface area (Å²) >= 11 is 7.55. The number of benzene rings is 2. The molecule has 2 heterocycles. The molecule has 4 rings (SSSR count). The zero-order valence-corrected chi connectivity index (χ0v) is 16.6. The molecule has 3 aromatic rings. The minimum absolute atomic E-state index is 0.0356. The van der Waals surface area contributed by atoms with E-state index in [4.69, 9.17) is 11.6 Å². The lowest BCUT2D eigenvalue weighted by Gasteiger charge is -2.22. The van der Waals surface area contributed by atoms with Crippen LogP contribution in [0, 0.1) is 0 Å². The largest absolute Gasteiger partial charge is 0.274 e. The van der Waals surface area contributed by atoms with Crippen molar-refractivity contribution in [3.05, 3.63) is 69.6 Å². The predicted molar refractivity (Wildman–Crippen MR) is 114 cm³/mol.